The van der Waals surface area contributed by atoms with Crippen molar-refractivity contribution in [2.45, 2.75) is 18.2 Å². The maximum absolute atomic E-state index is 11.7. The number of aromatic nitrogens is 2. The van der Waals surface area contributed by atoms with Crippen LogP contribution in [0.15, 0.2) is 6.20 Å². The standard InChI is InChI=1S/C10H9BrN4O/c1-6-13-4-7(3-12)10(14-6)15-5-8(11)2-9(15)16/h4,8H,2,5H2,1H3. The van der Waals surface area contributed by atoms with Gasteiger partial charge in [0.2, 0.25) is 5.91 Å². The zero-order valence-corrected chi connectivity index (χ0v) is 10.2. The lowest BCUT2D eigenvalue weighted by Crippen LogP contribution is -2.27. The molecule has 1 saturated heterocycles. The van der Waals surface area contributed by atoms with E-state index in [1.165, 1.54) is 11.1 Å². The molecule has 0 aliphatic carbocycles. The summed E-state index contributed by atoms with van der Waals surface area (Å²) in [5.74, 6) is 0.957. The van der Waals surface area contributed by atoms with E-state index < -0.39 is 0 Å². The van der Waals surface area contributed by atoms with Gasteiger partial charge in [0.15, 0.2) is 5.82 Å². The predicted octanol–water partition coefficient (Wildman–Crippen LogP) is 1.16. The third kappa shape index (κ3) is 1.91. The van der Waals surface area contributed by atoms with Crippen LogP contribution in [0.3, 0.4) is 0 Å². The number of nitrogens with zero attached hydrogens (tertiary/aromatic N) is 4. The van der Waals surface area contributed by atoms with Crippen LogP contribution in [0.25, 0.3) is 0 Å². The number of carbonyl (C=O) groups excluding carboxylic acids is 1. The minimum Gasteiger partial charge on any atom is -0.294 e. The first kappa shape index (κ1) is 11.0. The SMILES string of the molecule is Cc1ncc(C#N)c(N2CC(Br)CC2=O)n1. The highest BCUT2D eigenvalue weighted by molar-refractivity contribution is 9.09. The Morgan fingerprint density at radius 2 is 2.44 bits per heavy atom. The van der Waals surface area contributed by atoms with Crippen molar-refractivity contribution in [1.29, 1.82) is 5.26 Å². The summed E-state index contributed by atoms with van der Waals surface area (Å²) in [6.45, 7) is 2.28. The van der Waals surface area contributed by atoms with Gasteiger partial charge in [-0.05, 0) is 6.92 Å². The van der Waals surface area contributed by atoms with Crippen LogP contribution in [0.2, 0.25) is 0 Å². The second kappa shape index (κ2) is 4.18. The van der Waals surface area contributed by atoms with Crippen LogP contribution in [0.1, 0.15) is 17.8 Å². The topological polar surface area (TPSA) is 69.9 Å². The molecular formula is C10H9BrN4O. The quantitative estimate of drug-likeness (QED) is 0.724. The highest BCUT2D eigenvalue weighted by atomic mass is 79.9. The monoisotopic (exact) mass is 280 g/mol. The molecule has 1 aromatic heterocycles. The number of halogens is 1. The molecule has 1 unspecified atom stereocenters. The van der Waals surface area contributed by atoms with Crippen LogP contribution in [0.4, 0.5) is 5.82 Å². The second-order valence-corrected chi connectivity index (χ2v) is 4.87. The van der Waals surface area contributed by atoms with Crippen LogP contribution >= 0.6 is 15.9 Å². The van der Waals surface area contributed by atoms with E-state index in [2.05, 4.69) is 25.9 Å². The molecule has 6 heteroatoms. The van der Waals surface area contributed by atoms with Gasteiger partial charge >= 0.3 is 0 Å². The molecule has 0 aromatic carbocycles. The molecule has 0 saturated carbocycles. The Labute approximate surface area is 101 Å². The Morgan fingerprint density at radius 1 is 1.69 bits per heavy atom. The minimum atomic E-state index is -0.0172. The van der Waals surface area contributed by atoms with Gasteiger partial charge in [0.25, 0.3) is 0 Å². The lowest BCUT2D eigenvalue weighted by Gasteiger charge is -2.15. The molecule has 1 aliphatic rings. The number of carbonyl (C=O) groups is 1. The summed E-state index contributed by atoms with van der Waals surface area (Å²) in [5.41, 5.74) is 0.334. The van der Waals surface area contributed by atoms with E-state index in [4.69, 9.17) is 5.26 Å². The van der Waals surface area contributed by atoms with Gasteiger partial charge in [-0.1, -0.05) is 15.9 Å². The van der Waals surface area contributed by atoms with Gasteiger partial charge in [0.1, 0.15) is 17.5 Å². The van der Waals surface area contributed by atoms with Crippen molar-refractivity contribution in [2.75, 3.05) is 11.4 Å². The van der Waals surface area contributed by atoms with Crippen molar-refractivity contribution in [2.24, 2.45) is 0 Å². The summed E-state index contributed by atoms with van der Waals surface area (Å²) >= 11 is 3.39. The lowest BCUT2D eigenvalue weighted by molar-refractivity contribution is -0.117. The molecule has 16 heavy (non-hydrogen) atoms. The smallest absolute Gasteiger partial charge is 0.229 e. The number of aryl methyl sites for hydroxylation is 1. The lowest BCUT2D eigenvalue weighted by atomic mass is 10.3. The van der Waals surface area contributed by atoms with Crippen LogP contribution in [0.5, 0.6) is 0 Å². The number of rotatable bonds is 1. The van der Waals surface area contributed by atoms with Crippen molar-refractivity contribution in [3.05, 3.63) is 17.6 Å². The van der Waals surface area contributed by atoms with E-state index in [9.17, 15) is 4.79 Å². The molecule has 82 valence electrons. The third-order valence-corrected chi connectivity index (χ3v) is 2.96. The molecule has 1 fully saturated rings. The maximum atomic E-state index is 11.7. The number of anilines is 1. The first-order chi connectivity index (χ1) is 7.61. The summed E-state index contributed by atoms with van der Waals surface area (Å²) in [7, 11) is 0. The molecule has 0 N–H and O–H groups in total. The van der Waals surface area contributed by atoms with Gasteiger partial charge in [0.05, 0.1) is 6.20 Å². The van der Waals surface area contributed by atoms with E-state index in [-0.39, 0.29) is 10.7 Å². The predicted molar refractivity (Wildman–Crippen MR) is 61.2 cm³/mol. The molecule has 2 rings (SSSR count). The number of alkyl halides is 1. The Hall–Kier alpha value is -1.48. The summed E-state index contributed by atoms with van der Waals surface area (Å²) in [6, 6.07) is 2.00. The fourth-order valence-electron chi connectivity index (χ4n) is 1.61. The molecule has 2 heterocycles. The molecule has 1 atom stereocenters. The zero-order valence-electron chi connectivity index (χ0n) is 8.64. The van der Waals surface area contributed by atoms with Gasteiger partial charge in [-0.15, -0.1) is 0 Å². The Morgan fingerprint density at radius 3 is 3.00 bits per heavy atom. The van der Waals surface area contributed by atoms with E-state index in [0.29, 0.717) is 30.2 Å². The van der Waals surface area contributed by atoms with Crippen molar-refractivity contribution in [1.82, 2.24) is 9.97 Å². The molecular weight excluding hydrogens is 272 g/mol. The summed E-state index contributed by atoms with van der Waals surface area (Å²) in [4.78, 5) is 21.5. The molecule has 0 spiro atoms. The van der Waals surface area contributed by atoms with Gasteiger partial charge in [-0.2, -0.15) is 5.26 Å². The molecule has 0 bridgehead atoms. The average molecular weight is 281 g/mol. The normalized spacial score (nSPS) is 19.9. The largest absolute Gasteiger partial charge is 0.294 e. The average Bonchev–Trinajstić information content (AvgIpc) is 2.57. The van der Waals surface area contributed by atoms with E-state index in [1.807, 2.05) is 6.07 Å². The fourth-order valence-corrected chi connectivity index (χ4v) is 2.18. The van der Waals surface area contributed by atoms with Gasteiger partial charge in [0, 0.05) is 17.8 Å². The molecule has 1 aromatic rings. The number of nitriles is 1. The van der Waals surface area contributed by atoms with Crippen molar-refractivity contribution in [3.8, 4) is 6.07 Å². The van der Waals surface area contributed by atoms with Crippen LogP contribution in [0, 0.1) is 18.3 Å². The number of amides is 1. The fraction of sp³-hybridized carbons (Fsp3) is 0.400. The highest BCUT2D eigenvalue weighted by Gasteiger charge is 2.31. The van der Waals surface area contributed by atoms with Crippen LogP contribution in [-0.4, -0.2) is 27.2 Å². The van der Waals surface area contributed by atoms with Crippen LogP contribution in [-0.2, 0) is 4.79 Å². The van der Waals surface area contributed by atoms with Crippen LogP contribution < -0.4 is 4.90 Å². The summed E-state index contributed by atoms with van der Waals surface area (Å²) in [6.07, 6.45) is 1.89. The van der Waals surface area contributed by atoms with Crippen molar-refractivity contribution in [3.63, 3.8) is 0 Å². The number of hydrogen-bond acceptors (Lipinski definition) is 4. The highest BCUT2D eigenvalue weighted by Crippen LogP contribution is 2.25. The van der Waals surface area contributed by atoms with E-state index in [0.717, 1.165) is 0 Å². The summed E-state index contributed by atoms with van der Waals surface area (Å²) < 4.78 is 0. The first-order valence-corrected chi connectivity index (χ1v) is 5.71. The van der Waals surface area contributed by atoms with Crippen molar-refractivity contribution < 1.29 is 4.79 Å². The molecule has 5 nitrogen and oxygen atoms in total. The van der Waals surface area contributed by atoms with E-state index in [1.54, 1.807) is 6.92 Å². The van der Waals surface area contributed by atoms with Gasteiger partial charge in [-0.25, -0.2) is 9.97 Å². The Kier molecular flexibility index (Phi) is 2.88. The molecule has 1 aliphatic heterocycles. The van der Waals surface area contributed by atoms with E-state index >= 15 is 0 Å². The first-order valence-electron chi connectivity index (χ1n) is 4.80. The molecule has 0 radical (unpaired) electrons. The van der Waals surface area contributed by atoms with Crippen molar-refractivity contribution >= 4 is 27.7 Å². The summed E-state index contributed by atoms with van der Waals surface area (Å²) in [5, 5.41) is 8.94. The third-order valence-electron chi connectivity index (χ3n) is 2.34. The Balaban J connectivity index is 2.44. The van der Waals surface area contributed by atoms with Gasteiger partial charge in [-0.3, -0.25) is 9.69 Å². The maximum Gasteiger partial charge on any atom is 0.229 e. The molecule has 1 amide bonds. The zero-order chi connectivity index (χ0) is 11.7. The second-order valence-electron chi connectivity index (χ2n) is 3.57. The number of hydrogen-bond donors (Lipinski definition) is 0. The van der Waals surface area contributed by atoms with Gasteiger partial charge < -0.3 is 0 Å². The minimum absolute atomic E-state index is 0.0172. The Bertz CT molecular complexity index is 482.